The van der Waals surface area contributed by atoms with Gasteiger partial charge in [0, 0.05) is 18.7 Å². The Morgan fingerprint density at radius 1 is 1.15 bits per heavy atom. The van der Waals surface area contributed by atoms with Crippen molar-refractivity contribution < 1.29 is 17.9 Å². The molecule has 0 aliphatic rings. The molecule has 5 nitrogen and oxygen atoms in total. The van der Waals surface area contributed by atoms with Crippen LogP contribution in [-0.4, -0.2) is 28.7 Å². The maximum atomic E-state index is 12.6. The molecule has 27 heavy (non-hydrogen) atoms. The highest BCUT2D eigenvalue weighted by Crippen LogP contribution is 2.27. The zero-order valence-electron chi connectivity index (χ0n) is 16.0. The molecule has 0 heterocycles. The predicted molar refractivity (Wildman–Crippen MR) is 108 cm³/mol. The Morgan fingerprint density at radius 3 is 2.37 bits per heavy atom. The molecule has 0 fully saturated rings. The summed E-state index contributed by atoms with van der Waals surface area (Å²) >= 11 is 6.05. The van der Waals surface area contributed by atoms with Crippen molar-refractivity contribution in [1.29, 1.82) is 0 Å². The lowest BCUT2D eigenvalue weighted by Gasteiger charge is -2.29. The number of benzene rings is 2. The second kappa shape index (κ2) is 9.06. The van der Waals surface area contributed by atoms with Gasteiger partial charge >= 0.3 is 0 Å². The quantitative estimate of drug-likeness (QED) is 0.671. The van der Waals surface area contributed by atoms with Gasteiger partial charge in [0.05, 0.1) is 11.5 Å². The molecular weight excluding hydrogens is 386 g/mol. The van der Waals surface area contributed by atoms with Crippen LogP contribution in [0.4, 0.5) is 0 Å². The number of sulfonamides is 1. The lowest BCUT2D eigenvalue weighted by Crippen LogP contribution is -2.40. The van der Waals surface area contributed by atoms with E-state index < -0.39 is 15.6 Å². The highest BCUT2D eigenvalue weighted by atomic mass is 35.5. The van der Waals surface area contributed by atoms with E-state index in [4.69, 9.17) is 21.1 Å². The van der Waals surface area contributed by atoms with Crippen molar-refractivity contribution in [3.05, 3.63) is 59.1 Å². The Hall–Kier alpha value is -1.60. The first-order chi connectivity index (χ1) is 12.7. The van der Waals surface area contributed by atoms with E-state index in [1.165, 1.54) is 19.2 Å². The number of nitrogens with one attached hydrogen (secondary N) is 1. The van der Waals surface area contributed by atoms with Crippen LogP contribution < -0.4 is 9.46 Å². The van der Waals surface area contributed by atoms with E-state index in [0.717, 1.165) is 5.56 Å². The third-order valence-electron chi connectivity index (χ3n) is 4.20. The summed E-state index contributed by atoms with van der Waals surface area (Å²) in [5.41, 5.74) is -0.0594. The molecule has 1 N–H and O–H groups in total. The molecule has 0 aliphatic heterocycles. The van der Waals surface area contributed by atoms with Gasteiger partial charge in [-0.2, -0.15) is 0 Å². The number of hydrogen-bond donors (Lipinski definition) is 1. The highest BCUT2D eigenvalue weighted by molar-refractivity contribution is 7.89. The van der Waals surface area contributed by atoms with E-state index in [1.807, 2.05) is 13.0 Å². The van der Waals surface area contributed by atoms with Gasteiger partial charge in [-0.25, -0.2) is 13.1 Å². The first-order valence-corrected chi connectivity index (χ1v) is 10.6. The second-order valence-corrected chi connectivity index (χ2v) is 9.15. The SMILES string of the molecule is COC(C)(CNS(=O)(=O)c1ccc(OCC(C)C)cc1)c1cccc(Cl)c1. The van der Waals surface area contributed by atoms with Gasteiger partial charge in [0.2, 0.25) is 10.0 Å². The Bertz CT molecular complexity index is 853. The average molecular weight is 412 g/mol. The van der Waals surface area contributed by atoms with Crippen molar-refractivity contribution in [2.45, 2.75) is 31.3 Å². The summed E-state index contributed by atoms with van der Waals surface area (Å²) in [7, 11) is -2.15. The van der Waals surface area contributed by atoms with Gasteiger partial charge in [0.15, 0.2) is 0 Å². The third-order valence-corrected chi connectivity index (χ3v) is 5.85. The van der Waals surface area contributed by atoms with Gasteiger partial charge in [-0.05, 0) is 54.8 Å². The Labute approximate surface area is 166 Å². The summed E-state index contributed by atoms with van der Waals surface area (Å²) in [5.74, 6) is 1.04. The van der Waals surface area contributed by atoms with Gasteiger partial charge < -0.3 is 9.47 Å². The molecule has 0 bridgehead atoms. The van der Waals surface area contributed by atoms with Crippen molar-refractivity contribution in [2.24, 2.45) is 5.92 Å². The standard InChI is InChI=1S/C20H26ClNO4S/c1-15(2)13-26-18-8-10-19(11-9-18)27(23,24)22-14-20(3,25-4)16-6-5-7-17(21)12-16/h5-12,15,22H,13-14H2,1-4H3. The molecule has 1 atom stereocenters. The van der Waals surface area contributed by atoms with E-state index in [2.05, 4.69) is 18.6 Å². The van der Waals surface area contributed by atoms with Crippen LogP contribution in [0.3, 0.4) is 0 Å². The van der Waals surface area contributed by atoms with Crippen LogP contribution in [0.25, 0.3) is 0 Å². The van der Waals surface area contributed by atoms with Crippen LogP contribution in [0.1, 0.15) is 26.3 Å². The van der Waals surface area contributed by atoms with Gasteiger partial charge in [0.25, 0.3) is 0 Å². The van der Waals surface area contributed by atoms with E-state index in [9.17, 15) is 8.42 Å². The molecule has 2 aromatic rings. The smallest absolute Gasteiger partial charge is 0.240 e. The minimum absolute atomic E-state index is 0.0672. The number of hydrogen-bond acceptors (Lipinski definition) is 4. The maximum Gasteiger partial charge on any atom is 0.240 e. The van der Waals surface area contributed by atoms with Gasteiger partial charge in [-0.15, -0.1) is 0 Å². The van der Waals surface area contributed by atoms with Crippen LogP contribution in [0.2, 0.25) is 5.02 Å². The van der Waals surface area contributed by atoms with Crippen molar-refractivity contribution in [3.8, 4) is 5.75 Å². The zero-order valence-corrected chi connectivity index (χ0v) is 17.6. The minimum Gasteiger partial charge on any atom is -0.493 e. The average Bonchev–Trinajstić information content (AvgIpc) is 2.65. The lowest BCUT2D eigenvalue weighted by molar-refractivity contribution is 0.00699. The van der Waals surface area contributed by atoms with Gasteiger partial charge in [-0.1, -0.05) is 37.6 Å². The van der Waals surface area contributed by atoms with E-state index >= 15 is 0 Å². The number of methoxy groups -OCH3 is 1. The van der Waals surface area contributed by atoms with Crippen LogP contribution in [0.5, 0.6) is 5.75 Å². The van der Waals surface area contributed by atoms with Crippen LogP contribution >= 0.6 is 11.6 Å². The first kappa shape index (κ1) is 21.7. The number of ether oxygens (including phenoxy) is 2. The summed E-state index contributed by atoms with van der Waals surface area (Å²) in [5, 5.41) is 0.565. The predicted octanol–water partition coefficient (Wildman–Crippen LogP) is 4.21. The van der Waals surface area contributed by atoms with Gasteiger partial charge in [-0.3, -0.25) is 0 Å². The van der Waals surface area contributed by atoms with E-state index in [1.54, 1.807) is 30.3 Å². The molecule has 0 radical (unpaired) electrons. The molecule has 0 saturated heterocycles. The molecular formula is C20H26ClNO4S. The summed E-state index contributed by atoms with van der Waals surface area (Å²) in [6.07, 6.45) is 0. The van der Waals surface area contributed by atoms with Crippen LogP contribution in [0, 0.1) is 5.92 Å². The molecule has 148 valence electrons. The van der Waals surface area contributed by atoms with Crippen molar-refractivity contribution >= 4 is 21.6 Å². The number of rotatable bonds is 9. The second-order valence-electron chi connectivity index (χ2n) is 6.95. The van der Waals surface area contributed by atoms with Crippen LogP contribution in [0.15, 0.2) is 53.4 Å². The van der Waals surface area contributed by atoms with Crippen molar-refractivity contribution in [3.63, 3.8) is 0 Å². The van der Waals surface area contributed by atoms with Gasteiger partial charge in [0.1, 0.15) is 11.4 Å². The molecule has 2 aromatic carbocycles. The fraction of sp³-hybridized carbons (Fsp3) is 0.400. The topological polar surface area (TPSA) is 64.6 Å². The number of halogens is 1. The summed E-state index contributed by atoms with van der Waals surface area (Å²) in [6, 6.07) is 13.5. The Kier molecular flexibility index (Phi) is 7.28. The van der Waals surface area contributed by atoms with E-state index in [-0.39, 0.29) is 11.4 Å². The normalized spacial score (nSPS) is 14.1. The molecule has 2 rings (SSSR count). The Morgan fingerprint density at radius 2 is 1.81 bits per heavy atom. The molecule has 0 saturated carbocycles. The monoisotopic (exact) mass is 411 g/mol. The molecule has 7 heteroatoms. The first-order valence-electron chi connectivity index (χ1n) is 8.70. The molecule has 0 aliphatic carbocycles. The Balaban J connectivity index is 2.11. The summed E-state index contributed by atoms with van der Waals surface area (Å²) < 4.78 is 39.1. The third kappa shape index (κ3) is 5.94. The summed E-state index contributed by atoms with van der Waals surface area (Å²) in [4.78, 5) is 0.170. The van der Waals surface area contributed by atoms with E-state index in [0.29, 0.717) is 23.3 Å². The lowest BCUT2D eigenvalue weighted by atomic mass is 9.96. The molecule has 1 unspecified atom stereocenters. The largest absolute Gasteiger partial charge is 0.493 e. The van der Waals surface area contributed by atoms with Crippen molar-refractivity contribution in [2.75, 3.05) is 20.3 Å². The maximum absolute atomic E-state index is 12.6. The fourth-order valence-electron chi connectivity index (χ4n) is 2.40. The fourth-order valence-corrected chi connectivity index (χ4v) is 3.72. The molecule has 0 aromatic heterocycles. The minimum atomic E-state index is -3.69. The van der Waals surface area contributed by atoms with Crippen LogP contribution in [-0.2, 0) is 20.4 Å². The molecule has 0 spiro atoms. The highest BCUT2D eigenvalue weighted by Gasteiger charge is 2.29. The van der Waals surface area contributed by atoms with Crippen molar-refractivity contribution in [1.82, 2.24) is 4.72 Å². The molecule has 0 amide bonds. The summed E-state index contributed by atoms with van der Waals surface area (Å²) in [6.45, 7) is 6.56. The zero-order chi connectivity index (χ0) is 20.1.